The van der Waals surface area contributed by atoms with E-state index in [1.807, 2.05) is 0 Å². The van der Waals surface area contributed by atoms with Crippen LogP contribution in [-0.4, -0.2) is 13.1 Å². The molecular formula is C14H16F3N. The maximum absolute atomic E-state index is 13.0. The van der Waals surface area contributed by atoms with Gasteiger partial charge in [-0.3, -0.25) is 0 Å². The molecule has 1 nitrogen and oxygen atoms in total. The van der Waals surface area contributed by atoms with E-state index < -0.39 is 11.7 Å². The first-order chi connectivity index (χ1) is 8.55. The fourth-order valence-electron chi connectivity index (χ4n) is 3.53. The Hall–Kier alpha value is -1.03. The SMILES string of the molecule is FC(F)(F)c1ccccc1C1C[C@H]2CNC[C@H]2C1. The van der Waals surface area contributed by atoms with Crippen molar-refractivity contribution in [1.29, 1.82) is 0 Å². The first-order valence-corrected chi connectivity index (χ1v) is 6.42. The van der Waals surface area contributed by atoms with Gasteiger partial charge in [0.2, 0.25) is 0 Å². The van der Waals surface area contributed by atoms with E-state index in [0.29, 0.717) is 17.4 Å². The van der Waals surface area contributed by atoms with Gasteiger partial charge in [-0.05, 0) is 55.3 Å². The maximum atomic E-state index is 13.0. The van der Waals surface area contributed by atoms with E-state index >= 15 is 0 Å². The van der Waals surface area contributed by atoms with E-state index in [9.17, 15) is 13.2 Å². The van der Waals surface area contributed by atoms with Gasteiger partial charge in [0, 0.05) is 0 Å². The molecule has 1 heterocycles. The largest absolute Gasteiger partial charge is 0.416 e. The van der Waals surface area contributed by atoms with Gasteiger partial charge < -0.3 is 5.32 Å². The molecule has 3 rings (SSSR count). The van der Waals surface area contributed by atoms with Gasteiger partial charge in [-0.25, -0.2) is 0 Å². The Kier molecular flexibility index (Phi) is 2.85. The fourth-order valence-corrected chi connectivity index (χ4v) is 3.53. The molecule has 2 fully saturated rings. The van der Waals surface area contributed by atoms with Crippen LogP contribution in [0.2, 0.25) is 0 Å². The lowest BCUT2D eigenvalue weighted by Crippen LogP contribution is -2.14. The summed E-state index contributed by atoms with van der Waals surface area (Å²) in [5.41, 5.74) is 0.0577. The Labute approximate surface area is 104 Å². The van der Waals surface area contributed by atoms with E-state index in [4.69, 9.17) is 0 Å². The molecular weight excluding hydrogens is 239 g/mol. The van der Waals surface area contributed by atoms with E-state index in [-0.39, 0.29) is 5.92 Å². The van der Waals surface area contributed by atoms with Crippen LogP contribution < -0.4 is 5.32 Å². The van der Waals surface area contributed by atoms with Crippen molar-refractivity contribution in [1.82, 2.24) is 5.32 Å². The third-order valence-corrected chi connectivity index (χ3v) is 4.36. The molecule has 1 aromatic carbocycles. The molecule has 2 aliphatic rings. The van der Waals surface area contributed by atoms with Crippen molar-refractivity contribution in [3.8, 4) is 0 Å². The predicted molar refractivity (Wildman–Crippen MR) is 63.3 cm³/mol. The lowest BCUT2D eigenvalue weighted by molar-refractivity contribution is -0.138. The average molecular weight is 255 g/mol. The van der Waals surface area contributed by atoms with Gasteiger partial charge in [0.05, 0.1) is 5.56 Å². The van der Waals surface area contributed by atoms with Crippen molar-refractivity contribution in [2.75, 3.05) is 13.1 Å². The normalized spacial score (nSPS) is 31.6. The van der Waals surface area contributed by atoms with Crippen LogP contribution in [0, 0.1) is 11.8 Å². The van der Waals surface area contributed by atoms with Crippen molar-refractivity contribution in [3.63, 3.8) is 0 Å². The number of rotatable bonds is 1. The van der Waals surface area contributed by atoms with Gasteiger partial charge in [-0.15, -0.1) is 0 Å². The molecule has 3 atom stereocenters. The molecule has 0 aromatic heterocycles. The molecule has 1 unspecified atom stereocenters. The zero-order valence-electron chi connectivity index (χ0n) is 10.0. The van der Waals surface area contributed by atoms with E-state index in [0.717, 1.165) is 25.9 Å². The molecule has 0 amide bonds. The van der Waals surface area contributed by atoms with Crippen molar-refractivity contribution >= 4 is 0 Å². The van der Waals surface area contributed by atoms with Crippen LogP contribution in [-0.2, 0) is 6.18 Å². The number of halogens is 3. The van der Waals surface area contributed by atoms with Crippen molar-refractivity contribution < 1.29 is 13.2 Å². The number of fused-ring (bicyclic) bond motifs is 1. The topological polar surface area (TPSA) is 12.0 Å². The Morgan fingerprint density at radius 1 is 1.00 bits per heavy atom. The summed E-state index contributed by atoms with van der Waals surface area (Å²) >= 11 is 0. The van der Waals surface area contributed by atoms with Crippen LogP contribution in [0.25, 0.3) is 0 Å². The minimum atomic E-state index is -4.23. The van der Waals surface area contributed by atoms with Crippen LogP contribution in [0.5, 0.6) is 0 Å². The minimum absolute atomic E-state index is 0.0833. The second-order valence-electron chi connectivity index (χ2n) is 5.43. The molecule has 1 aliphatic carbocycles. The highest BCUT2D eigenvalue weighted by Gasteiger charge is 2.41. The number of benzene rings is 1. The number of nitrogens with one attached hydrogen (secondary N) is 1. The smallest absolute Gasteiger partial charge is 0.316 e. The Morgan fingerprint density at radius 3 is 2.22 bits per heavy atom. The molecule has 0 radical (unpaired) electrons. The summed E-state index contributed by atoms with van der Waals surface area (Å²) in [4.78, 5) is 0. The molecule has 0 spiro atoms. The highest BCUT2D eigenvalue weighted by atomic mass is 19.4. The van der Waals surface area contributed by atoms with Crippen molar-refractivity contribution in [2.24, 2.45) is 11.8 Å². The third-order valence-electron chi connectivity index (χ3n) is 4.36. The van der Waals surface area contributed by atoms with Crippen LogP contribution in [0.15, 0.2) is 24.3 Å². The highest BCUT2D eigenvalue weighted by molar-refractivity contribution is 5.33. The second kappa shape index (κ2) is 4.26. The molecule has 0 bridgehead atoms. The first kappa shape index (κ1) is 12.0. The lowest BCUT2D eigenvalue weighted by atomic mass is 9.91. The van der Waals surface area contributed by atoms with Gasteiger partial charge >= 0.3 is 6.18 Å². The Morgan fingerprint density at radius 2 is 1.61 bits per heavy atom. The number of hydrogen-bond donors (Lipinski definition) is 1. The van der Waals surface area contributed by atoms with E-state index in [1.165, 1.54) is 12.1 Å². The summed E-state index contributed by atoms with van der Waals surface area (Å²) in [6.07, 6.45) is -2.44. The summed E-state index contributed by atoms with van der Waals surface area (Å²) in [6.45, 7) is 1.94. The van der Waals surface area contributed by atoms with Crippen molar-refractivity contribution in [3.05, 3.63) is 35.4 Å². The molecule has 18 heavy (non-hydrogen) atoms. The minimum Gasteiger partial charge on any atom is -0.316 e. The zero-order valence-corrected chi connectivity index (χ0v) is 10.0. The third kappa shape index (κ3) is 2.03. The lowest BCUT2D eigenvalue weighted by Gasteiger charge is -2.18. The summed E-state index contributed by atoms with van der Waals surface area (Å²) in [5.74, 6) is 1.22. The zero-order chi connectivity index (χ0) is 12.8. The van der Waals surface area contributed by atoms with Gasteiger partial charge in [-0.1, -0.05) is 18.2 Å². The van der Waals surface area contributed by atoms with Crippen LogP contribution in [0.1, 0.15) is 29.9 Å². The van der Waals surface area contributed by atoms with Gasteiger partial charge in [0.15, 0.2) is 0 Å². The molecule has 98 valence electrons. The van der Waals surface area contributed by atoms with Gasteiger partial charge in [-0.2, -0.15) is 13.2 Å². The highest BCUT2D eigenvalue weighted by Crippen LogP contribution is 2.47. The summed E-state index contributed by atoms with van der Waals surface area (Å²) < 4.78 is 38.9. The molecule has 1 N–H and O–H groups in total. The standard InChI is InChI=1S/C14H16F3N/c15-14(16,17)13-4-2-1-3-12(13)9-5-10-7-18-8-11(10)6-9/h1-4,9-11,18H,5-8H2/t9?,10-,11+. The van der Waals surface area contributed by atoms with Crippen LogP contribution in [0.3, 0.4) is 0 Å². The predicted octanol–water partition coefficient (Wildman–Crippen LogP) is 3.42. The van der Waals surface area contributed by atoms with E-state index in [1.54, 1.807) is 12.1 Å². The number of alkyl halides is 3. The fraction of sp³-hybridized carbons (Fsp3) is 0.571. The molecule has 1 aromatic rings. The molecule has 4 heteroatoms. The Balaban J connectivity index is 1.89. The quantitative estimate of drug-likeness (QED) is 0.810. The first-order valence-electron chi connectivity index (χ1n) is 6.42. The van der Waals surface area contributed by atoms with E-state index in [2.05, 4.69) is 5.32 Å². The number of hydrogen-bond acceptors (Lipinski definition) is 1. The summed E-state index contributed by atoms with van der Waals surface area (Å²) in [5, 5.41) is 3.32. The summed E-state index contributed by atoms with van der Waals surface area (Å²) in [7, 11) is 0. The monoisotopic (exact) mass is 255 g/mol. The average Bonchev–Trinajstić information content (AvgIpc) is 2.87. The maximum Gasteiger partial charge on any atom is 0.416 e. The molecule has 1 saturated carbocycles. The van der Waals surface area contributed by atoms with Crippen molar-refractivity contribution in [2.45, 2.75) is 24.9 Å². The Bertz CT molecular complexity index is 429. The van der Waals surface area contributed by atoms with Crippen LogP contribution in [0.4, 0.5) is 13.2 Å². The molecule has 1 saturated heterocycles. The van der Waals surface area contributed by atoms with Gasteiger partial charge in [0.25, 0.3) is 0 Å². The molecule has 1 aliphatic heterocycles. The summed E-state index contributed by atoms with van der Waals surface area (Å²) in [6, 6.07) is 6.06. The second-order valence-corrected chi connectivity index (χ2v) is 5.43. The van der Waals surface area contributed by atoms with Gasteiger partial charge in [0.1, 0.15) is 0 Å². The van der Waals surface area contributed by atoms with Crippen LogP contribution >= 0.6 is 0 Å².